The number of benzene rings is 1. The Morgan fingerprint density at radius 2 is 2.18 bits per heavy atom. The fourth-order valence-corrected chi connectivity index (χ4v) is 2.58. The van der Waals surface area contributed by atoms with Gasteiger partial charge in [-0.2, -0.15) is 0 Å². The second kappa shape index (κ2) is 3.79. The van der Waals surface area contributed by atoms with Crippen LogP contribution in [0.3, 0.4) is 0 Å². The number of rotatable bonds is 1. The van der Waals surface area contributed by atoms with Gasteiger partial charge in [0.2, 0.25) is 0 Å². The number of hydrogen-bond donors (Lipinski definition) is 2. The van der Waals surface area contributed by atoms with Crippen LogP contribution >= 0.6 is 0 Å². The summed E-state index contributed by atoms with van der Waals surface area (Å²) in [5, 5.41) is 18.9. The summed E-state index contributed by atoms with van der Waals surface area (Å²) < 4.78 is 5.62. The molecule has 0 spiro atoms. The van der Waals surface area contributed by atoms with E-state index in [0.717, 1.165) is 30.0 Å². The fraction of sp³-hybridized carbons (Fsp3) is 0.333. The minimum Gasteiger partial charge on any atom is -0.493 e. The first-order chi connectivity index (χ1) is 8.18. The molecule has 0 aliphatic carbocycles. The Hall–Kier alpha value is -1.46. The molecule has 0 atom stereocenters. The fourth-order valence-electron chi connectivity index (χ4n) is 2.58. The van der Waals surface area contributed by atoms with Crippen LogP contribution in [0.4, 0.5) is 5.69 Å². The SMILES string of the molecule is CN1CC=C2CCOc3ccc(B(O)O)c1c32. The summed E-state index contributed by atoms with van der Waals surface area (Å²) >= 11 is 0. The average Bonchev–Trinajstić information content (AvgIpc) is 2.33. The quantitative estimate of drug-likeness (QED) is 0.667. The van der Waals surface area contributed by atoms with Crippen molar-refractivity contribution >= 4 is 23.8 Å². The minimum atomic E-state index is -1.45. The van der Waals surface area contributed by atoms with Crippen molar-refractivity contribution in [2.45, 2.75) is 6.42 Å². The van der Waals surface area contributed by atoms with E-state index in [0.29, 0.717) is 12.1 Å². The van der Waals surface area contributed by atoms with E-state index in [1.807, 2.05) is 18.0 Å². The van der Waals surface area contributed by atoms with Gasteiger partial charge >= 0.3 is 7.12 Å². The van der Waals surface area contributed by atoms with E-state index in [2.05, 4.69) is 6.08 Å². The molecule has 2 heterocycles. The van der Waals surface area contributed by atoms with Gasteiger partial charge in [0.25, 0.3) is 0 Å². The highest BCUT2D eigenvalue weighted by atomic mass is 16.5. The number of hydrogen-bond acceptors (Lipinski definition) is 4. The zero-order chi connectivity index (χ0) is 12.0. The summed E-state index contributed by atoms with van der Waals surface area (Å²) in [5.74, 6) is 0.841. The van der Waals surface area contributed by atoms with E-state index in [1.165, 1.54) is 5.57 Å². The first-order valence-electron chi connectivity index (χ1n) is 5.75. The van der Waals surface area contributed by atoms with Gasteiger partial charge in [-0.15, -0.1) is 0 Å². The average molecular weight is 231 g/mol. The molecule has 17 heavy (non-hydrogen) atoms. The summed E-state index contributed by atoms with van der Waals surface area (Å²) in [6.45, 7) is 1.49. The van der Waals surface area contributed by atoms with Crippen LogP contribution in [0.2, 0.25) is 0 Å². The summed E-state index contributed by atoms with van der Waals surface area (Å²) in [6, 6.07) is 3.54. The van der Waals surface area contributed by atoms with Gasteiger partial charge in [0.05, 0.1) is 6.61 Å². The number of anilines is 1. The monoisotopic (exact) mass is 231 g/mol. The molecule has 0 bridgehead atoms. The molecule has 2 aliphatic rings. The molecule has 1 aromatic carbocycles. The third-order valence-electron chi connectivity index (χ3n) is 3.39. The lowest BCUT2D eigenvalue weighted by atomic mass is 9.75. The van der Waals surface area contributed by atoms with E-state index in [1.54, 1.807) is 6.07 Å². The lowest BCUT2D eigenvalue weighted by Crippen LogP contribution is -2.38. The number of nitrogens with zero attached hydrogens (tertiary/aromatic N) is 1. The molecule has 0 fully saturated rings. The van der Waals surface area contributed by atoms with Gasteiger partial charge in [0.15, 0.2) is 0 Å². The summed E-state index contributed by atoms with van der Waals surface area (Å²) in [5.41, 5.74) is 3.70. The van der Waals surface area contributed by atoms with E-state index < -0.39 is 7.12 Å². The van der Waals surface area contributed by atoms with Gasteiger partial charge < -0.3 is 19.7 Å². The van der Waals surface area contributed by atoms with Crippen molar-refractivity contribution in [1.82, 2.24) is 0 Å². The molecule has 0 saturated heterocycles. The number of likely N-dealkylation sites (N-methyl/N-ethyl adjacent to an activating group) is 1. The second-order valence-electron chi connectivity index (χ2n) is 4.46. The Balaban J connectivity index is 2.27. The predicted molar refractivity (Wildman–Crippen MR) is 67.6 cm³/mol. The van der Waals surface area contributed by atoms with Crippen LogP contribution in [-0.2, 0) is 0 Å². The molecule has 0 amide bonds. The highest BCUT2D eigenvalue weighted by Gasteiger charge is 2.29. The van der Waals surface area contributed by atoms with Crippen molar-refractivity contribution in [2.75, 3.05) is 25.1 Å². The van der Waals surface area contributed by atoms with Crippen LogP contribution in [0.25, 0.3) is 5.57 Å². The van der Waals surface area contributed by atoms with Crippen LogP contribution in [-0.4, -0.2) is 37.4 Å². The Labute approximate surface area is 100 Å². The van der Waals surface area contributed by atoms with Crippen molar-refractivity contribution in [2.24, 2.45) is 0 Å². The molecule has 3 rings (SSSR count). The normalized spacial score (nSPS) is 17.1. The topological polar surface area (TPSA) is 52.9 Å². The van der Waals surface area contributed by atoms with Crippen LogP contribution < -0.4 is 15.1 Å². The molecule has 1 aromatic rings. The second-order valence-corrected chi connectivity index (χ2v) is 4.46. The van der Waals surface area contributed by atoms with Gasteiger partial charge in [-0.25, -0.2) is 0 Å². The Morgan fingerprint density at radius 1 is 1.35 bits per heavy atom. The third kappa shape index (κ3) is 1.54. The summed E-state index contributed by atoms with van der Waals surface area (Å²) in [6.07, 6.45) is 3.07. The highest BCUT2D eigenvalue weighted by Crippen LogP contribution is 2.41. The van der Waals surface area contributed by atoms with E-state index in [4.69, 9.17) is 4.74 Å². The van der Waals surface area contributed by atoms with E-state index >= 15 is 0 Å². The number of ether oxygens (including phenoxy) is 1. The molecular formula is C12H14BNO3. The predicted octanol–water partition coefficient (Wildman–Crippen LogP) is -0.0179. The molecule has 5 heteroatoms. The van der Waals surface area contributed by atoms with Gasteiger partial charge in [0.1, 0.15) is 5.75 Å². The van der Waals surface area contributed by atoms with Crippen molar-refractivity contribution in [1.29, 1.82) is 0 Å². The molecular weight excluding hydrogens is 217 g/mol. The zero-order valence-corrected chi connectivity index (χ0v) is 9.68. The largest absolute Gasteiger partial charge is 0.493 e. The van der Waals surface area contributed by atoms with Crippen LogP contribution in [0.1, 0.15) is 12.0 Å². The highest BCUT2D eigenvalue weighted by molar-refractivity contribution is 6.61. The Morgan fingerprint density at radius 3 is 2.94 bits per heavy atom. The molecule has 88 valence electrons. The zero-order valence-electron chi connectivity index (χ0n) is 9.68. The lowest BCUT2D eigenvalue weighted by Gasteiger charge is -2.33. The molecule has 2 aliphatic heterocycles. The van der Waals surface area contributed by atoms with Gasteiger partial charge in [-0.3, -0.25) is 0 Å². The maximum absolute atomic E-state index is 9.43. The molecule has 4 nitrogen and oxygen atoms in total. The molecule has 0 radical (unpaired) electrons. The smallest absolute Gasteiger partial charge is 0.490 e. The van der Waals surface area contributed by atoms with Crippen molar-refractivity contribution in [3.05, 3.63) is 23.8 Å². The minimum absolute atomic E-state index is 0.544. The van der Waals surface area contributed by atoms with Crippen molar-refractivity contribution in [3.63, 3.8) is 0 Å². The standard InChI is InChI=1S/C12H14BNO3/c1-14-6-4-8-5-7-17-10-3-2-9(13(15)16)12(14)11(8)10/h2-4,15-16H,5-7H2,1H3. The first-order valence-corrected chi connectivity index (χ1v) is 5.75. The van der Waals surface area contributed by atoms with E-state index in [-0.39, 0.29) is 0 Å². The summed E-state index contributed by atoms with van der Waals surface area (Å²) in [7, 11) is 0.502. The van der Waals surface area contributed by atoms with Gasteiger partial charge in [-0.05, 0) is 11.6 Å². The summed E-state index contributed by atoms with van der Waals surface area (Å²) in [4.78, 5) is 2.02. The molecule has 0 unspecified atom stereocenters. The van der Waals surface area contributed by atoms with Crippen molar-refractivity contribution < 1.29 is 14.8 Å². The maximum Gasteiger partial charge on any atom is 0.490 e. The van der Waals surface area contributed by atoms with Crippen molar-refractivity contribution in [3.8, 4) is 5.75 Å². The van der Waals surface area contributed by atoms with Crippen LogP contribution in [0.5, 0.6) is 5.75 Å². The Bertz CT molecular complexity index is 499. The van der Waals surface area contributed by atoms with Crippen LogP contribution in [0.15, 0.2) is 18.2 Å². The molecule has 0 aromatic heterocycles. The van der Waals surface area contributed by atoms with Crippen LogP contribution in [0, 0.1) is 0 Å². The molecule has 0 saturated carbocycles. The van der Waals surface area contributed by atoms with Gasteiger partial charge in [0, 0.05) is 36.7 Å². The molecule has 2 N–H and O–H groups in total. The van der Waals surface area contributed by atoms with Gasteiger partial charge in [-0.1, -0.05) is 12.1 Å². The Kier molecular flexibility index (Phi) is 2.38. The lowest BCUT2D eigenvalue weighted by molar-refractivity contribution is 0.316. The van der Waals surface area contributed by atoms with E-state index in [9.17, 15) is 10.0 Å². The maximum atomic E-state index is 9.43. The first kappa shape index (κ1) is 10.7. The third-order valence-corrected chi connectivity index (χ3v) is 3.39.